The van der Waals surface area contributed by atoms with E-state index in [-0.39, 0.29) is 33.3 Å². The summed E-state index contributed by atoms with van der Waals surface area (Å²) in [6.45, 7) is 0. The Bertz CT molecular complexity index is 721. The molecule has 21 heavy (non-hydrogen) atoms. The van der Waals surface area contributed by atoms with E-state index in [1.807, 2.05) is 6.07 Å². The molecule has 0 aliphatic heterocycles. The molecular formula is C14H7Cl2F3N2. The number of nitrogens with zero attached hydrogens (tertiary/aromatic N) is 2. The van der Waals surface area contributed by atoms with Crippen LogP contribution in [0.1, 0.15) is 11.1 Å². The normalized spacial score (nSPS) is 11.2. The second kappa shape index (κ2) is 5.92. The first-order chi connectivity index (χ1) is 9.86. The van der Waals surface area contributed by atoms with Crippen molar-refractivity contribution >= 4 is 23.2 Å². The van der Waals surface area contributed by atoms with Crippen LogP contribution in [0.25, 0.3) is 11.3 Å². The van der Waals surface area contributed by atoms with Crippen molar-refractivity contribution in [1.29, 1.82) is 5.26 Å². The number of pyridine rings is 1. The summed E-state index contributed by atoms with van der Waals surface area (Å²) >= 11 is 12.0. The number of halogens is 5. The van der Waals surface area contributed by atoms with Gasteiger partial charge in [0.15, 0.2) is 0 Å². The van der Waals surface area contributed by atoms with Gasteiger partial charge in [-0.2, -0.15) is 18.4 Å². The fourth-order valence-electron chi connectivity index (χ4n) is 1.87. The largest absolute Gasteiger partial charge is 0.417 e. The SMILES string of the molecule is N#CCc1c(Cl)cnc(-c2ccccc2C(F)(F)F)c1Cl. The smallest absolute Gasteiger partial charge is 0.253 e. The second-order valence-corrected chi connectivity index (χ2v) is 4.91. The quantitative estimate of drug-likeness (QED) is 0.764. The molecule has 2 nitrogen and oxygen atoms in total. The van der Waals surface area contributed by atoms with E-state index in [0.717, 1.165) is 6.07 Å². The van der Waals surface area contributed by atoms with E-state index in [2.05, 4.69) is 4.98 Å². The van der Waals surface area contributed by atoms with E-state index in [4.69, 9.17) is 28.5 Å². The molecule has 0 amide bonds. The van der Waals surface area contributed by atoms with E-state index in [1.165, 1.54) is 24.4 Å². The summed E-state index contributed by atoms with van der Waals surface area (Å²) in [6, 6.07) is 6.84. The van der Waals surface area contributed by atoms with Gasteiger partial charge in [0.1, 0.15) is 0 Å². The summed E-state index contributed by atoms with van der Waals surface area (Å²) in [4.78, 5) is 3.89. The fourth-order valence-corrected chi connectivity index (χ4v) is 2.45. The molecule has 0 spiro atoms. The van der Waals surface area contributed by atoms with Gasteiger partial charge < -0.3 is 0 Å². The number of hydrogen-bond acceptors (Lipinski definition) is 2. The summed E-state index contributed by atoms with van der Waals surface area (Å²) in [5.74, 6) is 0. The Morgan fingerprint density at radius 1 is 1.19 bits per heavy atom. The third-order valence-electron chi connectivity index (χ3n) is 2.81. The molecule has 0 radical (unpaired) electrons. The highest BCUT2D eigenvalue weighted by Gasteiger charge is 2.34. The van der Waals surface area contributed by atoms with Crippen molar-refractivity contribution in [3.05, 3.63) is 51.6 Å². The number of alkyl halides is 3. The third kappa shape index (κ3) is 3.12. The van der Waals surface area contributed by atoms with Crippen molar-refractivity contribution in [3.8, 4) is 17.3 Å². The molecule has 0 saturated carbocycles. The molecule has 7 heteroatoms. The lowest BCUT2D eigenvalue weighted by molar-refractivity contribution is -0.137. The maximum Gasteiger partial charge on any atom is 0.417 e. The standard InChI is InChI=1S/C14H7Cl2F3N2/c15-11-7-21-13(12(16)9(11)5-6-20)8-3-1-2-4-10(8)14(17,18)19/h1-4,7H,5H2. The average Bonchev–Trinajstić information content (AvgIpc) is 2.43. The Labute approximate surface area is 128 Å². The minimum Gasteiger partial charge on any atom is -0.253 e. The highest BCUT2D eigenvalue weighted by Crippen LogP contribution is 2.40. The summed E-state index contributed by atoms with van der Waals surface area (Å²) in [5, 5.41) is 8.85. The van der Waals surface area contributed by atoms with E-state index in [0.29, 0.717) is 0 Å². The Hall–Kier alpha value is -1.77. The van der Waals surface area contributed by atoms with Crippen molar-refractivity contribution in [1.82, 2.24) is 4.98 Å². The number of nitriles is 1. The van der Waals surface area contributed by atoms with Gasteiger partial charge in [-0.3, -0.25) is 4.98 Å². The molecule has 2 rings (SSSR count). The van der Waals surface area contributed by atoms with Crippen LogP contribution in [0.3, 0.4) is 0 Å². The van der Waals surface area contributed by atoms with Gasteiger partial charge in [0, 0.05) is 17.3 Å². The highest BCUT2D eigenvalue weighted by molar-refractivity contribution is 6.37. The zero-order valence-corrected chi connectivity index (χ0v) is 11.9. The monoisotopic (exact) mass is 330 g/mol. The van der Waals surface area contributed by atoms with Crippen molar-refractivity contribution in [2.45, 2.75) is 12.6 Å². The van der Waals surface area contributed by atoms with E-state index < -0.39 is 11.7 Å². The van der Waals surface area contributed by atoms with Gasteiger partial charge in [0.05, 0.1) is 33.8 Å². The molecule has 0 aliphatic carbocycles. The molecule has 0 N–H and O–H groups in total. The van der Waals surface area contributed by atoms with Crippen LogP contribution in [0.15, 0.2) is 30.5 Å². The lowest BCUT2D eigenvalue weighted by atomic mass is 10.0. The van der Waals surface area contributed by atoms with Gasteiger partial charge in [-0.05, 0) is 6.07 Å². The van der Waals surface area contributed by atoms with E-state index >= 15 is 0 Å². The highest BCUT2D eigenvalue weighted by atomic mass is 35.5. The van der Waals surface area contributed by atoms with Crippen molar-refractivity contribution in [2.24, 2.45) is 0 Å². The molecule has 0 bridgehead atoms. The second-order valence-electron chi connectivity index (χ2n) is 4.13. The van der Waals surface area contributed by atoms with Gasteiger partial charge in [-0.15, -0.1) is 0 Å². The Balaban J connectivity index is 2.70. The molecule has 0 aliphatic rings. The maximum absolute atomic E-state index is 13.0. The Kier molecular flexibility index (Phi) is 4.40. The maximum atomic E-state index is 13.0. The summed E-state index contributed by atoms with van der Waals surface area (Å²) in [7, 11) is 0. The van der Waals surface area contributed by atoms with Crippen LogP contribution in [0.5, 0.6) is 0 Å². The molecule has 2 aromatic rings. The number of aromatic nitrogens is 1. The molecule has 1 aromatic heterocycles. The topological polar surface area (TPSA) is 36.7 Å². The summed E-state index contributed by atoms with van der Waals surface area (Å²) < 4.78 is 39.1. The van der Waals surface area contributed by atoms with Crippen molar-refractivity contribution in [3.63, 3.8) is 0 Å². The Morgan fingerprint density at radius 2 is 1.86 bits per heavy atom. The number of hydrogen-bond donors (Lipinski definition) is 0. The molecule has 1 heterocycles. The predicted molar refractivity (Wildman–Crippen MR) is 74.0 cm³/mol. The molecule has 108 valence electrons. The van der Waals surface area contributed by atoms with Crippen LogP contribution in [0, 0.1) is 11.3 Å². The minimum absolute atomic E-state index is 0.0410. The number of benzene rings is 1. The van der Waals surface area contributed by atoms with E-state index in [9.17, 15) is 13.2 Å². The lowest BCUT2D eigenvalue weighted by Gasteiger charge is -2.14. The van der Waals surface area contributed by atoms with Crippen LogP contribution in [0.4, 0.5) is 13.2 Å². The first-order valence-corrected chi connectivity index (χ1v) is 6.48. The van der Waals surface area contributed by atoms with Gasteiger partial charge in [-0.25, -0.2) is 0 Å². The fraction of sp³-hybridized carbons (Fsp3) is 0.143. The van der Waals surface area contributed by atoms with Crippen molar-refractivity contribution < 1.29 is 13.2 Å². The third-order valence-corrected chi connectivity index (χ3v) is 3.54. The average molecular weight is 331 g/mol. The summed E-state index contributed by atoms with van der Waals surface area (Å²) in [6.07, 6.45) is -3.44. The number of rotatable bonds is 2. The van der Waals surface area contributed by atoms with Gasteiger partial charge in [0.2, 0.25) is 0 Å². The van der Waals surface area contributed by atoms with Crippen molar-refractivity contribution in [2.75, 3.05) is 0 Å². The molecular weight excluding hydrogens is 324 g/mol. The summed E-state index contributed by atoms with van der Waals surface area (Å²) in [5.41, 5.74) is -0.766. The molecule has 0 unspecified atom stereocenters. The predicted octanol–water partition coefficient (Wildman–Crippen LogP) is 5.14. The van der Waals surface area contributed by atoms with E-state index in [1.54, 1.807) is 0 Å². The van der Waals surface area contributed by atoms with Crippen LogP contribution in [-0.2, 0) is 12.6 Å². The molecule has 0 saturated heterocycles. The molecule has 0 fully saturated rings. The van der Waals surface area contributed by atoms with Gasteiger partial charge in [0.25, 0.3) is 0 Å². The lowest BCUT2D eigenvalue weighted by Crippen LogP contribution is -2.08. The first kappa shape index (κ1) is 15.6. The molecule has 1 aromatic carbocycles. The molecule has 0 atom stereocenters. The van der Waals surface area contributed by atoms with Gasteiger partial charge in [-0.1, -0.05) is 41.4 Å². The van der Waals surface area contributed by atoms with Crippen LogP contribution in [-0.4, -0.2) is 4.98 Å². The van der Waals surface area contributed by atoms with Crippen LogP contribution < -0.4 is 0 Å². The van der Waals surface area contributed by atoms with Gasteiger partial charge >= 0.3 is 6.18 Å². The zero-order chi connectivity index (χ0) is 15.6. The Morgan fingerprint density at radius 3 is 2.48 bits per heavy atom. The zero-order valence-electron chi connectivity index (χ0n) is 10.4. The first-order valence-electron chi connectivity index (χ1n) is 5.72. The van der Waals surface area contributed by atoms with Crippen LogP contribution >= 0.6 is 23.2 Å². The minimum atomic E-state index is -4.53. The van der Waals surface area contributed by atoms with Crippen LogP contribution in [0.2, 0.25) is 10.0 Å².